The van der Waals surface area contributed by atoms with Crippen LogP contribution in [-0.2, 0) is 0 Å². The van der Waals surface area contributed by atoms with Crippen LogP contribution in [0.5, 0.6) is 0 Å². The molecule has 0 aromatic carbocycles. The monoisotopic (exact) mass is 92.1 g/mol. The molecule has 0 saturated heterocycles. The van der Waals surface area contributed by atoms with E-state index < -0.39 is 0 Å². The third kappa shape index (κ3) is 0.838. The zero-order valence-corrected chi connectivity index (χ0v) is 4.49. The molecule has 0 N–H and O–H groups in total. The van der Waals surface area contributed by atoms with Crippen LogP contribution in [0.3, 0.4) is 0 Å². The van der Waals surface area contributed by atoms with Crippen LogP contribution in [0.25, 0.3) is 0 Å². The van der Waals surface area contributed by atoms with Gasteiger partial charge in [-0.15, -0.1) is 0 Å². The molecular weight excluding hydrogens is 84.1 g/mol. The lowest BCUT2D eigenvalue weighted by Crippen LogP contribution is -1.81. The Morgan fingerprint density at radius 2 is 2.57 bits per heavy atom. The smallest absolute Gasteiger partial charge is 0.0224 e. The molecule has 0 spiro atoms. The summed E-state index contributed by atoms with van der Waals surface area (Å²) in [6, 6.07) is 0. The van der Waals surface area contributed by atoms with Crippen LogP contribution in [0.4, 0.5) is 0 Å². The van der Waals surface area contributed by atoms with Crippen LogP contribution < -0.4 is 0 Å². The van der Waals surface area contributed by atoms with Gasteiger partial charge in [0.15, 0.2) is 0 Å². The minimum absolute atomic E-state index is 0.562. The highest BCUT2D eigenvalue weighted by Crippen LogP contribution is 2.12. The van der Waals surface area contributed by atoms with Gasteiger partial charge < -0.3 is 0 Å². The van der Waals surface area contributed by atoms with Crippen LogP contribution in [-0.4, -0.2) is 0 Å². The van der Waals surface area contributed by atoms with Gasteiger partial charge in [-0.2, -0.15) is 0 Å². The van der Waals surface area contributed by atoms with E-state index in [1.54, 1.807) is 0 Å². The highest BCUT2D eigenvalue weighted by atomic mass is 14.1. The number of allylic oxidation sites excluding steroid dienone is 1. The van der Waals surface area contributed by atoms with Crippen molar-refractivity contribution in [3.05, 3.63) is 12.2 Å². The summed E-state index contributed by atoms with van der Waals surface area (Å²) in [5.41, 5.74) is 1.09. The van der Waals surface area contributed by atoms with Crippen molar-refractivity contribution in [2.75, 3.05) is 0 Å². The molecule has 0 bridgehead atoms. The molecule has 0 heteroatoms. The predicted molar refractivity (Wildman–Crippen MR) is 30.7 cm³/mol. The lowest BCUT2D eigenvalue weighted by molar-refractivity contribution is 0.778. The van der Waals surface area contributed by atoms with Crippen LogP contribution in [0.15, 0.2) is 12.2 Å². The summed E-state index contributed by atoms with van der Waals surface area (Å²) < 4.78 is 0. The molecule has 36 valence electrons. The van der Waals surface area contributed by atoms with E-state index in [2.05, 4.69) is 25.3 Å². The zero-order chi connectivity index (χ0) is 5.28. The average molecular weight is 92.1 g/mol. The molecule has 0 heterocycles. The molecule has 1 unspecified atom stereocenters. The number of hydrogen-bond acceptors (Lipinski definition) is 0. The molecule has 1 aliphatic rings. The first kappa shape index (κ1) is 4.46. The molecule has 1 atom stereocenters. The van der Waals surface area contributed by atoms with Crippen molar-refractivity contribution >= 4 is 0 Å². The fourth-order valence-electron chi connectivity index (χ4n) is 0.697. The summed E-state index contributed by atoms with van der Waals surface area (Å²) in [6.45, 7) is 5.85. The molecule has 0 aromatic heterocycles. The Morgan fingerprint density at radius 3 is 2.71 bits per heavy atom. The SMILES string of the molecule is C=C1C#CC(C)C1. The van der Waals surface area contributed by atoms with Crippen LogP contribution in [0.1, 0.15) is 13.3 Å². The molecule has 0 radical (unpaired) electrons. The Morgan fingerprint density at radius 1 is 1.86 bits per heavy atom. The molecule has 0 aromatic rings. The van der Waals surface area contributed by atoms with E-state index >= 15 is 0 Å². The van der Waals surface area contributed by atoms with Gasteiger partial charge in [0.25, 0.3) is 0 Å². The van der Waals surface area contributed by atoms with Crippen molar-refractivity contribution in [3.8, 4) is 11.8 Å². The lowest BCUT2D eigenvalue weighted by Gasteiger charge is -1.90. The quantitative estimate of drug-likeness (QED) is 0.398. The van der Waals surface area contributed by atoms with E-state index in [-0.39, 0.29) is 0 Å². The second-order valence-electron chi connectivity index (χ2n) is 1.98. The van der Waals surface area contributed by atoms with Gasteiger partial charge in [0, 0.05) is 5.92 Å². The highest BCUT2D eigenvalue weighted by Gasteiger charge is 2.03. The molecule has 0 nitrogen and oxygen atoms in total. The minimum Gasteiger partial charge on any atom is -0.0948 e. The summed E-state index contributed by atoms with van der Waals surface area (Å²) in [4.78, 5) is 0. The Bertz CT molecular complexity index is 143. The van der Waals surface area contributed by atoms with Crippen molar-refractivity contribution in [2.45, 2.75) is 13.3 Å². The maximum absolute atomic E-state index is 3.73. The third-order valence-corrected chi connectivity index (χ3v) is 1.05. The van der Waals surface area contributed by atoms with Gasteiger partial charge in [-0.1, -0.05) is 25.3 Å². The van der Waals surface area contributed by atoms with E-state index in [4.69, 9.17) is 0 Å². The van der Waals surface area contributed by atoms with Crippen LogP contribution >= 0.6 is 0 Å². The predicted octanol–water partition coefficient (Wildman–Crippen LogP) is 1.59. The fourth-order valence-corrected chi connectivity index (χ4v) is 0.697. The van der Waals surface area contributed by atoms with Crippen LogP contribution in [0, 0.1) is 17.8 Å². The van der Waals surface area contributed by atoms with Crippen LogP contribution in [0.2, 0.25) is 0 Å². The van der Waals surface area contributed by atoms with Gasteiger partial charge >= 0.3 is 0 Å². The van der Waals surface area contributed by atoms with Crippen molar-refractivity contribution in [3.63, 3.8) is 0 Å². The fraction of sp³-hybridized carbons (Fsp3) is 0.429. The third-order valence-electron chi connectivity index (χ3n) is 1.05. The molecule has 7 heavy (non-hydrogen) atoms. The van der Waals surface area contributed by atoms with Crippen molar-refractivity contribution in [2.24, 2.45) is 5.92 Å². The van der Waals surface area contributed by atoms with Crippen molar-refractivity contribution < 1.29 is 0 Å². The van der Waals surface area contributed by atoms with E-state index in [0.717, 1.165) is 12.0 Å². The maximum atomic E-state index is 3.73. The molecule has 1 aliphatic carbocycles. The highest BCUT2D eigenvalue weighted by molar-refractivity contribution is 5.33. The van der Waals surface area contributed by atoms with Gasteiger partial charge in [0.1, 0.15) is 0 Å². The first-order chi connectivity index (χ1) is 3.29. The summed E-state index contributed by atoms with van der Waals surface area (Å²) in [7, 11) is 0. The molecule has 0 amide bonds. The average Bonchev–Trinajstić information content (AvgIpc) is 1.87. The Balaban J connectivity index is 2.65. The van der Waals surface area contributed by atoms with Gasteiger partial charge in [-0.05, 0) is 12.0 Å². The summed E-state index contributed by atoms with van der Waals surface area (Å²) >= 11 is 0. The summed E-state index contributed by atoms with van der Waals surface area (Å²) in [5, 5.41) is 0. The number of rotatable bonds is 0. The summed E-state index contributed by atoms with van der Waals surface area (Å²) in [6.07, 6.45) is 1.06. The molecule has 1 rings (SSSR count). The maximum Gasteiger partial charge on any atom is 0.0224 e. The standard InChI is InChI=1S/C7H8/c1-6-3-4-7(2)5-6/h7H,1,5H2,2H3. The Labute approximate surface area is 44.2 Å². The first-order valence-electron chi connectivity index (χ1n) is 2.48. The normalized spacial score (nSPS) is 27.0. The van der Waals surface area contributed by atoms with E-state index in [0.29, 0.717) is 5.92 Å². The second-order valence-corrected chi connectivity index (χ2v) is 1.98. The lowest BCUT2D eigenvalue weighted by atomic mass is 10.1. The van der Waals surface area contributed by atoms with Crippen molar-refractivity contribution in [1.82, 2.24) is 0 Å². The first-order valence-corrected chi connectivity index (χ1v) is 2.48. The molecule has 0 aliphatic heterocycles. The largest absolute Gasteiger partial charge is 0.0948 e. The van der Waals surface area contributed by atoms with E-state index in [9.17, 15) is 0 Å². The molecule has 0 fully saturated rings. The topological polar surface area (TPSA) is 0 Å². The van der Waals surface area contributed by atoms with Gasteiger partial charge in [0.05, 0.1) is 0 Å². The van der Waals surface area contributed by atoms with E-state index in [1.165, 1.54) is 0 Å². The molecule has 0 saturated carbocycles. The van der Waals surface area contributed by atoms with Gasteiger partial charge in [-0.3, -0.25) is 0 Å². The van der Waals surface area contributed by atoms with Gasteiger partial charge in [0.2, 0.25) is 0 Å². The van der Waals surface area contributed by atoms with Crippen molar-refractivity contribution in [1.29, 1.82) is 0 Å². The van der Waals surface area contributed by atoms with E-state index in [1.807, 2.05) is 0 Å². The summed E-state index contributed by atoms with van der Waals surface area (Å²) in [5.74, 6) is 6.51. The zero-order valence-electron chi connectivity index (χ0n) is 4.49. The molecular formula is C7H8. The second kappa shape index (κ2) is 1.42. The van der Waals surface area contributed by atoms with Gasteiger partial charge in [-0.25, -0.2) is 0 Å². The Kier molecular flexibility index (Phi) is 0.906. The Hall–Kier alpha value is -0.700. The number of hydrogen-bond donors (Lipinski definition) is 0. The minimum atomic E-state index is 0.562.